The Balaban J connectivity index is 2.48. The first-order valence-electron chi connectivity index (χ1n) is 5.43. The number of methoxy groups -OCH3 is 1. The van der Waals surface area contributed by atoms with Gasteiger partial charge in [-0.2, -0.15) is 11.3 Å². The zero-order chi connectivity index (χ0) is 14.0. The summed E-state index contributed by atoms with van der Waals surface area (Å²) in [7, 11) is -2.29. The van der Waals surface area contributed by atoms with Crippen molar-refractivity contribution in [2.75, 3.05) is 17.6 Å². The van der Waals surface area contributed by atoms with Crippen molar-refractivity contribution in [3.05, 3.63) is 34.5 Å². The highest BCUT2D eigenvalue weighted by Gasteiger charge is 2.21. The molecule has 0 saturated carbocycles. The summed E-state index contributed by atoms with van der Waals surface area (Å²) in [5.74, 6) is 0.273. The standard InChI is InChI=1S/C12H14N2O3S2/c1-8-5-11(17-2)12(6-10(8)13)19(15,16)14-9-3-4-18-7-9/h3-7,14H,13H2,1-2H3. The van der Waals surface area contributed by atoms with Gasteiger partial charge >= 0.3 is 0 Å². The fourth-order valence-corrected chi connectivity index (χ4v) is 3.48. The minimum absolute atomic E-state index is 0.0318. The van der Waals surface area contributed by atoms with Crippen LogP contribution in [0.5, 0.6) is 5.75 Å². The highest BCUT2D eigenvalue weighted by Crippen LogP contribution is 2.30. The minimum Gasteiger partial charge on any atom is -0.495 e. The van der Waals surface area contributed by atoms with E-state index in [9.17, 15) is 8.42 Å². The van der Waals surface area contributed by atoms with Crippen molar-refractivity contribution < 1.29 is 13.2 Å². The maximum atomic E-state index is 12.3. The summed E-state index contributed by atoms with van der Waals surface area (Å²) >= 11 is 1.41. The number of nitrogens with one attached hydrogen (secondary N) is 1. The molecule has 0 saturated heterocycles. The van der Waals surface area contributed by atoms with Gasteiger partial charge in [0.2, 0.25) is 0 Å². The second kappa shape index (κ2) is 5.10. The van der Waals surface area contributed by atoms with E-state index < -0.39 is 10.0 Å². The van der Waals surface area contributed by atoms with Crippen LogP contribution in [-0.2, 0) is 10.0 Å². The van der Waals surface area contributed by atoms with Gasteiger partial charge in [-0.05, 0) is 36.1 Å². The third-order valence-corrected chi connectivity index (χ3v) is 4.70. The molecule has 1 heterocycles. The number of hydrogen-bond acceptors (Lipinski definition) is 5. The van der Waals surface area contributed by atoms with E-state index in [1.54, 1.807) is 29.8 Å². The molecule has 0 aliphatic rings. The molecular formula is C12H14N2O3S2. The first-order valence-corrected chi connectivity index (χ1v) is 7.86. The van der Waals surface area contributed by atoms with Crippen LogP contribution in [-0.4, -0.2) is 15.5 Å². The lowest BCUT2D eigenvalue weighted by molar-refractivity contribution is 0.402. The molecule has 3 N–H and O–H groups in total. The van der Waals surface area contributed by atoms with Crippen molar-refractivity contribution in [1.82, 2.24) is 0 Å². The van der Waals surface area contributed by atoms with Gasteiger partial charge in [-0.3, -0.25) is 4.72 Å². The molecule has 0 aliphatic heterocycles. The van der Waals surface area contributed by atoms with E-state index in [0.29, 0.717) is 11.4 Å². The van der Waals surface area contributed by atoms with Crippen LogP contribution in [0.4, 0.5) is 11.4 Å². The smallest absolute Gasteiger partial charge is 0.265 e. The van der Waals surface area contributed by atoms with Crippen molar-refractivity contribution in [3.63, 3.8) is 0 Å². The Morgan fingerprint density at radius 3 is 2.68 bits per heavy atom. The number of rotatable bonds is 4. The maximum Gasteiger partial charge on any atom is 0.265 e. The highest BCUT2D eigenvalue weighted by molar-refractivity contribution is 7.92. The molecule has 0 radical (unpaired) electrons. The fraction of sp³-hybridized carbons (Fsp3) is 0.167. The molecule has 0 spiro atoms. The molecule has 0 bridgehead atoms. The lowest BCUT2D eigenvalue weighted by Gasteiger charge is -2.12. The predicted octanol–water partition coefficient (Wildman–Crippen LogP) is 2.45. The number of ether oxygens (including phenoxy) is 1. The number of hydrogen-bond donors (Lipinski definition) is 2. The number of anilines is 2. The van der Waals surface area contributed by atoms with Gasteiger partial charge in [0.05, 0.1) is 12.8 Å². The molecule has 5 nitrogen and oxygen atoms in total. The third kappa shape index (κ3) is 2.82. The molecule has 0 unspecified atom stereocenters. The van der Waals surface area contributed by atoms with Crippen LogP contribution < -0.4 is 15.2 Å². The lowest BCUT2D eigenvalue weighted by atomic mass is 10.2. The number of nitrogens with two attached hydrogens (primary N) is 1. The van der Waals surface area contributed by atoms with Crippen LogP contribution >= 0.6 is 11.3 Å². The molecule has 1 aromatic heterocycles. The van der Waals surface area contributed by atoms with Crippen molar-refractivity contribution in [2.45, 2.75) is 11.8 Å². The van der Waals surface area contributed by atoms with E-state index in [0.717, 1.165) is 5.56 Å². The number of thiophene rings is 1. The van der Waals surface area contributed by atoms with Crippen LogP contribution in [0.25, 0.3) is 0 Å². The Labute approximate surface area is 116 Å². The number of aryl methyl sites for hydroxylation is 1. The minimum atomic E-state index is -3.71. The second-order valence-electron chi connectivity index (χ2n) is 3.98. The van der Waals surface area contributed by atoms with Crippen molar-refractivity contribution >= 4 is 32.7 Å². The van der Waals surface area contributed by atoms with Gasteiger partial charge in [-0.1, -0.05) is 0 Å². The molecule has 0 atom stereocenters. The average Bonchev–Trinajstić information content (AvgIpc) is 2.84. The van der Waals surface area contributed by atoms with Gasteiger partial charge in [0, 0.05) is 11.1 Å². The maximum absolute atomic E-state index is 12.3. The Bertz CT molecular complexity index is 679. The zero-order valence-electron chi connectivity index (χ0n) is 10.5. The summed E-state index contributed by atoms with van der Waals surface area (Å²) in [5, 5.41) is 3.50. The van der Waals surface area contributed by atoms with Crippen molar-refractivity contribution in [3.8, 4) is 5.75 Å². The Hall–Kier alpha value is -1.73. The van der Waals surface area contributed by atoms with Crippen LogP contribution in [0.15, 0.2) is 33.9 Å². The fourth-order valence-electron chi connectivity index (χ4n) is 1.58. The van der Waals surface area contributed by atoms with Crippen LogP contribution in [0.2, 0.25) is 0 Å². The first kappa shape index (κ1) is 13.7. The molecule has 19 heavy (non-hydrogen) atoms. The summed E-state index contributed by atoms with van der Waals surface area (Å²) in [6.45, 7) is 1.79. The van der Waals surface area contributed by atoms with E-state index >= 15 is 0 Å². The molecule has 102 valence electrons. The molecule has 2 rings (SSSR count). The first-order chi connectivity index (χ1) is 8.94. The third-order valence-electron chi connectivity index (χ3n) is 2.62. The van der Waals surface area contributed by atoms with Crippen LogP contribution in [0.3, 0.4) is 0 Å². The second-order valence-corrected chi connectivity index (χ2v) is 6.41. The predicted molar refractivity (Wildman–Crippen MR) is 77.3 cm³/mol. The average molecular weight is 298 g/mol. The summed E-state index contributed by atoms with van der Waals surface area (Å²) in [4.78, 5) is 0.0318. The number of sulfonamides is 1. The van der Waals surface area contributed by atoms with Crippen molar-refractivity contribution in [1.29, 1.82) is 0 Å². The Morgan fingerprint density at radius 1 is 1.37 bits per heavy atom. The van der Waals surface area contributed by atoms with Gasteiger partial charge in [-0.25, -0.2) is 8.42 Å². The van der Waals surface area contributed by atoms with E-state index in [4.69, 9.17) is 10.5 Å². The molecule has 2 aromatic rings. The number of nitrogen functional groups attached to an aromatic ring is 1. The van der Waals surface area contributed by atoms with E-state index in [1.807, 2.05) is 0 Å². The highest BCUT2D eigenvalue weighted by atomic mass is 32.2. The van der Waals surface area contributed by atoms with Gasteiger partial charge in [0.25, 0.3) is 10.0 Å². The summed E-state index contributed by atoms with van der Waals surface area (Å²) in [6, 6.07) is 4.70. The van der Waals surface area contributed by atoms with Gasteiger partial charge in [-0.15, -0.1) is 0 Å². The van der Waals surface area contributed by atoms with Crippen LogP contribution in [0.1, 0.15) is 5.56 Å². The SMILES string of the molecule is COc1cc(C)c(N)cc1S(=O)(=O)Nc1ccsc1. The largest absolute Gasteiger partial charge is 0.495 e. The van der Waals surface area contributed by atoms with E-state index in [-0.39, 0.29) is 10.6 Å². The Kier molecular flexibility index (Phi) is 3.68. The van der Waals surface area contributed by atoms with E-state index in [1.165, 1.54) is 24.5 Å². The summed E-state index contributed by atoms with van der Waals surface area (Å²) in [5.41, 5.74) is 7.47. The Morgan fingerprint density at radius 2 is 2.11 bits per heavy atom. The monoisotopic (exact) mass is 298 g/mol. The molecule has 7 heteroatoms. The van der Waals surface area contributed by atoms with Crippen LogP contribution in [0, 0.1) is 6.92 Å². The summed E-state index contributed by atoms with van der Waals surface area (Å²) < 4.78 is 32.2. The topological polar surface area (TPSA) is 81.4 Å². The van der Waals surface area contributed by atoms with Gasteiger partial charge < -0.3 is 10.5 Å². The number of benzene rings is 1. The zero-order valence-corrected chi connectivity index (χ0v) is 12.1. The molecular weight excluding hydrogens is 284 g/mol. The normalized spacial score (nSPS) is 11.3. The van der Waals surface area contributed by atoms with Crippen molar-refractivity contribution in [2.24, 2.45) is 0 Å². The van der Waals surface area contributed by atoms with E-state index in [2.05, 4.69) is 4.72 Å². The molecule has 0 amide bonds. The molecule has 0 fully saturated rings. The van der Waals surface area contributed by atoms with Gasteiger partial charge in [0.15, 0.2) is 0 Å². The van der Waals surface area contributed by atoms with Gasteiger partial charge in [0.1, 0.15) is 10.6 Å². The quantitative estimate of drug-likeness (QED) is 0.849. The lowest BCUT2D eigenvalue weighted by Crippen LogP contribution is -2.14. The molecule has 1 aromatic carbocycles. The molecule has 0 aliphatic carbocycles. The summed E-state index contributed by atoms with van der Waals surface area (Å²) in [6.07, 6.45) is 0.